The SMILES string of the molecule is C=CCn1c(COc2ccccc2)nnc1SC(C)C(=O)NN. The monoisotopic (exact) mass is 333 g/mol. The summed E-state index contributed by atoms with van der Waals surface area (Å²) in [5.41, 5.74) is 2.13. The maximum atomic E-state index is 11.5. The molecule has 0 radical (unpaired) electrons. The van der Waals surface area contributed by atoms with Crippen LogP contribution in [0.25, 0.3) is 0 Å². The van der Waals surface area contributed by atoms with E-state index in [1.807, 2.05) is 34.9 Å². The summed E-state index contributed by atoms with van der Waals surface area (Å²) in [6.45, 7) is 6.30. The first-order valence-electron chi connectivity index (χ1n) is 7.03. The van der Waals surface area contributed by atoms with Crippen molar-refractivity contribution in [3.63, 3.8) is 0 Å². The molecule has 0 saturated heterocycles. The highest BCUT2D eigenvalue weighted by Crippen LogP contribution is 2.23. The summed E-state index contributed by atoms with van der Waals surface area (Å²) >= 11 is 1.28. The molecule has 8 heteroatoms. The van der Waals surface area contributed by atoms with E-state index in [9.17, 15) is 4.79 Å². The predicted octanol–water partition coefficient (Wildman–Crippen LogP) is 1.51. The van der Waals surface area contributed by atoms with Crippen LogP contribution in [-0.2, 0) is 17.9 Å². The largest absolute Gasteiger partial charge is 0.486 e. The molecule has 7 nitrogen and oxygen atoms in total. The van der Waals surface area contributed by atoms with Gasteiger partial charge in [-0.15, -0.1) is 16.8 Å². The highest BCUT2D eigenvalue weighted by molar-refractivity contribution is 8.00. The van der Waals surface area contributed by atoms with Gasteiger partial charge in [-0.1, -0.05) is 36.0 Å². The van der Waals surface area contributed by atoms with E-state index in [0.717, 1.165) is 5.75 Å². The summed E-state index contributed by atoms with van der Waals surface area (Å²) in [7, 11) is 0. The van der Waals surface area contributed by atoms with E-state index in [-0.39, 0.29) is 17.8 Å². The number of nitrogens with two attached hydrogens (primary N) is 1. The molecule has 0 spiro atoms. The fraction of sp³-hybridized carbons (Fsp3) is 0.267. The van der Waals surface area contributed by atoms with Crippen molar-refractivity contribution >= 4 is 17.7 Å². The number of para-hydroxylation sites is 1. The van der Waals surface area contributed by atoms with Gasteiger partial charge in [-0.3, -0.25) is 14.8 Å². The summed E-state index contributed by atoms with van der Waals surface area (Å²) in [6.07, 6.45) is 1.74. The number of hydrogen-bond donors (Lipinski definition) is 2. The second-order valence-electron chi connectivity index (χ2n) is 4.67. The first-order chi connectivity index (χ1) is 11.2. The molecule has 0 fully saturated rings. The third-order valence-corrected chi connectivity index (χ3v) is 4.09. The Balaban J connectivity index is 2.10. The van der Waals surface area contributed by atoms with Gasteiger partial charge in [0.15, 0.2) is 11.0 Å². The Bertz CT molecular complexity index is 659. The smallest absolute Gasteiger partial charge is 0.247 e. The molecule has 122 valence electrons. The molecule has 1 unspecified atom stereocenters. The lowest BCUT2D eigenvalue weighted by atomic mass is 10.3. The summed E-state index contributed by atoms with van der Waals surface area (Å²) in [5, 5.41) is 8.51. The Morgan fingerprint density at radius 2 is 2.22 bits per heavy atom. The van der Waals surface area contributed by atoms with E-state index >= 15 is 0 Å². The van der Waals surface area contributed by atoms with Crippen molar-refractivity contribution in [3.05, 3.63) is 48.8 Å². The van der Waals surface area contributed by atoms with Gasteiger partial charge in [-0.25, -0.2) is 5.84 Å². The zero-order valence-corrected chi connectivity index (χ0v) is 13.6. The normalized spacial score (nSPS) is 11.7. The molecule has 1 heterocycles. The molecular weight excluding hydrogens is 314 g/mol. The molecule has 1 aromatic carbocycles. The molecular formula is C15H19N5O2S. The lowest BCUT2D eigenvalue weighted by Gasteiger charge is -2.11. The number of carbonyl (C=O) groups is 1. The van der Waals surface area contributed by atoms with E-state index in [2.05, 4.69) is 22.2 Å². The summed E-state index contributed by atoms with van der Waals surface area (Å²) in [4.78, 5) is 11.5. The topological polar surface area (TPSA) is 95.1 Å². The lowest BCUT2D eigenvalue weighted by Crippen LogP contribution is -2.36. The number of nitrogens with one attached hydrogen (secondary N) is 1. The number of hydrazine groups is 1. The van der Waals surface area contributed by atoms with Crippen molar-refractivity contribution in [1.29, 1.82) is 0 Å². The molecule has 1 atom stereocenters. The molecule has 1 aromatic heterocycles. The molecule has 0 aliphatic heterocycles. The molecule has 0 saturated carbocycles. The fourth-order valence-electron chi connectivity index (χ4n) is 1.82. The van der Waals surface area contributed by atoms with Crippen LogP contribution in [0.5, 0.6) is 5.75 Å². The maximum absolute atomic E-state index is 11.5. The first kappa shape index (κ1) is 17.0. The second-order valence-corrected chi connectivity index (χ2v) is 5.98. The van der Waals surface area contributed by atoms with Gasteiger partial charge in [-0.05, 0) is 19.1 Å². The van der Waals surface area contributed by atoms with Crippen molar-refractivity contribution in [2.24, 2.45) is 5.84 Å². The summed E-state index contributed by atoms with van der Waals surface area (Å²) in [5.74, 6) is 6.29. The van der Waals surface area contributed by atoms with Crippen molar-refractivity contribution in [2.75, 3.05) is 0 Å². The van der Waals surface area contributed by atoms with Crippen molar-refractivity contribution < 1.29 is 9.53 Å². The number of carbonyl (C=O) groups excluding carboxylic acids is 1. The van der Waals surface area contributed by atoms with Crippen molar-refractivity contribution in [2.45, 2.75) is 30.5 Å². The molecule has 23 heavy (non-hydrogen) atoms. The Morgan fingerprint density at radius 1 is 1.48 bits per heavy atom. The molecule has 3 N–H and O–H groups in total. The number of hydrogen-bond acceptors (Lipinski definition) is 6. The van der Waals surface area contributed by atoms with E-state index in [1.165, 1.54) is 11.8 Å². The van der Waals surface area contributed by atoms with Crippen LogP contribution in [0.1, 0.15) is 12.7 Å². The summed E-state index contributed by atoms with van der Waals surface area (Å²) in [6, 6.07) is 9.47. The highest BCUT2D eigenvalue weighted by Gasteiger charge is 2.19. The van der Waals surface area contributed by atoms with Crippen molar-refractivity contribution in [1.82, 2.24) is 20.2 Å². The fourth-order valence-corrected chi connectivity index (χ4v) is 2.71. The van der Waals surface area contributed by atoms with Gasteiger partial charge in [0.1, 0.15) is 12.4 Å². The number of benzene rings is 1. The minimum atomic E-state index is -0.379. The van der Waals surface area contributed by atoms with Crippen LogP contribution < -0.4 is 16.0 Å². The Morgan fingerprint density at radius 3 is 2.87 bits per heavy atom. The molecule has 0 aliphatic rings. The Labute approximate surface area is 138 Å². The van der Waals surface area contributed by atoms with Gasteiger partial charge in [0, 0.05) is 6.54 Å². The molecule has 1 amide bonds. The standard InChI is InChI=1S/C15H19N5O2S/c1-3-9-20-13(10-22-12-7-5-4-6-8-12)18-19-15(20)23-11(2)14(21)17-16/h3-8,11H,1,9-10,16H2,2H3,(H,17,21). The van der Waals surface area contributed by atoms with Gasteiger partial charge in [0.05, 0.1) is 5.25 Å². The third kappa shape index (κ3) is 4.57. The van der Waals surface area contributed by atoms with Crippen LogP contribution in [0, 0.1) is 0 Å². The van der Waals surface area contributed by atoms with Crippen LogP contribution in [0.4, 0.5) is 0 Å². The maximum Gasteiger partial charge on any atom is 0.247 e. The number of rotatable bonds is 8. The van der Waals surface area contributed by atoms with Crippen LogP contribution in [0.2, 0.25) is 0 Å². The lowest BCUT2D eigenvalue weighted by molar-refractivity contribution is -0.120. The minimum Gasteiger partial charge on any atom is -0.486 e. The van der Waals surface area contributed by atoms with Gasteiger partial charge in [0.2, 0.25) is 5.91 Å². The average molecular weight is 333 g/mol. The average Bonchev–Trinajstić information content (AvgIpc) is 2.95. The number of nitrogens with zero attached hydrogens (tertiary/aromatic N) is 3. The second kappa shape index (κ2) is 8.35. The molecule has 2 aromatic rings. The molecule has 0 bridgehead atoms. The van der Waals surface area contributed by atoms with E-state index in [4.69, 9.17) is 10.6 Å². The number of thioether (sulfide) groups is 1. The molecule has 0 aliphatic carbocycles. The van der Waals surface area contributed by atoms with Crippen LogP contribution in [0.3, 0.4) is 0 Å². The number of ether oxygens (including phenoxy) is 1. The van der Waals surface area contributed by atoms with Gasteiger partial charge < -0.3 is 4.74 Å². The number of aromatic nitrogens is 3. The number of amides is 1. The van der Waals surface area contributed by atoms with E-state index in [1.54, 1.807) is 13.0 Å². The zero-order valence-electron chi connectivity index (χ0n) is 12.8. The zero-order chi connectivity index (χ0) is 16.7. The minimum absolute atomic E-state index is 0.273. The predicted molar refractivity (Wildman–Crippen MR) is 88.6 cm³/mol. The van der Waals surface area contributed by atoms with Gasteiger partial charge >= 0.3 is 0 Å². The first-order valence-corrected chi connectivity index (χ1v) is 7.91. The number of allylic oxidation sites excluding steroid dienone is 1. The van der Waals surface area contributed by atoms with Crippen LogP contribution >= 0.6 is 11.8 Å². The van der Waals surface area contributed by atoms with Gasteiger partial charge in [-0.2, -0.15) is 0 Å². The Hall–Kier alpha value is -2.32. The van der Waals surface area contributed by atoms with Crippen LogP contribution in [0.15, 0.2) is 48.1 Å². The highest BCUT2D eigenvalue weighted by atomic mass is 32.2. The molecule has 2 rings (SSSR count). The van der Waals surface area contributed by atoms with Crippen molar-refractivity contribution in [3.8, 4) is 5.75 Å². The van der Waals surface area contributed by atoms with Gasteiger partial charge in [0.25, 0.3) is 0 Å². The quantitative estimate of drug-likeness (QED) is 0.250. The summed E-state index contributed by atoms with van der Waals surface area (Å²) < 4.78 is 7.56. The van der Waals surface area contributed by atoms with Crippen LogP contribution in [-0.4, -0.2) is 25.9 Å². The van der Waals surface area contributed by atoms with E-state index in [0.29, 0.717) is 17.5 Å². The third-order valence-electron chi connectivity index (χ3n) is 3.01. The Kier molecular flexibility index (Phi) is 6.19. The van der Waals surface area contributed by atoms with E-state index < -0.39 is 0 Å².